The second-order valence-corrected chi connectivity index (χ2v) is 10.6. The van der Waals surface area contributed by atoms with Crippen LogP contribution >= 0.6 is 11.6 Å². The molecule has 2 heterocycles. The molecule has 5 rings (SSSR count). The molecule has 188 valence electrons. The third kappa shape index (κ3) is 4.77. The summed E-state index contributed by atoms with van der Waals surface area (Å²) in [5.41, 5.74) is 3.80. The van der Waals surface area contributed by atoms with Gasteiger partial charge in [0.15, 0.2) is 0 Å². The lowest BCUT2D eigenvalue weighted by atomic mass is 9.94. The second-order valence-electron chi connectivity index (χ2n) is 10.2. The number of amides is 2. The van der Waals surface area contributed by atoms with Gasteiger partial charge in [-0.05, 0) is 62.2 Å². The molecular weight excluding hydrogens is 486 g/mol. The normalized spacial score (nSPS) is 14.0. The molecule has 37 heavy (non-hydrogen) atoms. The lowest BCUT2D eigenvalue weighted by Crippen LogP contribution is -2.48. The number of aromatic nitrogens is 1. The van der Waals surface area contributed by atoms with Crippen molar-refractivity contribution < 1.29 is 14.3 Å². The summed E-state index contributed by atoms with van der Waals surface area (Å²) in [5, 5.41) is 4.43. The number of rotatable bonds is 5. The Morgan fingerprint density at radius 3 is 2.38 bits per heavy atom. The van der Waals surface area contributed by atoms with E-state index >= 15 is 0 Å². The van der Waals surface area contributed by atoms with Gasteiger partial charge in [0.25, 0.3) is 5.91 Å². The number of nitrogens with one attached hydrogen (secondary N) is 1. The Morgan fingerprint density at radius 1 is 1.03 bits per heavy atom. The van der Waals surface area contributed by atoms with Gasteiger partial charge >= 0.3 is 0 Å². The zero-order valence-corrected chi connectivity index (χ0v) is 22.0. The molecule has 0 radical (unpaired) electrons. The zero-order valence-electron chi connectivity index (χ0n) is 21.2. The average molecular weight is 514 g/mol. The molecule has 1 N–H and O–H groups in total. The van der Waals surface area contributed by atoms with Crippen LogP contribution in [0.1, 0.15) is 48.4 Å². The number of methoxy groups -OCH3 is 1. The highest BCUT2D eigenvalue weighted by molar-refractivity contribution is 6.30. The third-order valence-corrected chi connectivity index (χ3v) is 6.62. The fourth-order valence-corrected chi connectivity index (χ4v) is 4.94. The van der Waals surface area contributed by atoms with Crippen molar-refractivity contribution in [1.29, 1.82) is 0 Å². The molecule has 2 amide bonds. The topological polar surface area (TPSA) is 71.5 Å². The molecule has 1 aliphatic rings. The third-order valence-electron chi connectivity index (χ3n) is 6.37. The van der Waals surface area contributed by atoms with Crippen molar-refractivity contribution in [1.82, 2.24) is 15.2 Å². The molecule has 1 atom stereocenters. The number of carbonyl (C=O) groups is 2. The molecule has 1 aromatic heterocycles. The number of hydrogen-bond donors (Lipinski definition) is 1. The molecule has 3 aromatic carbocycles. The van der Waals surface area contributed by atoms with Crippen LogP contribution in [-0.2, 0) is 11.3 Å². The lowest BCUT2D eigenvalue weighted by Gasteiger charge is -2.31. The number of ether oxygens (including phenoxy) is 1. The smallest absolute Gasteiger partial charge is 0.257 e. The summed E-state index contributed by atoms with van der Waals surface area (Å²) >= 11 is 6.14. The van der Waals surface area contributed by atoms with Crippen LogP contribution in [0.3, 0.4) is 0 Å². The summed E-state index contributed by atoms with van der Waals surface area (Å²) in [6.45, 7) is 5.96. The van der Waals surface area contributed by atoms with Gasteiger partial charge in [-0.3, -0.25) is 14.6 Å². The molecule has 0 spiro atoms. The maximum Gasteiger partial charge on any atom is 0.257 e. The van der Waals surface area contributed by atoms with Crippen molar-refractivity contribution in [2.75, 3.05) is 7.11 Å². The second kappa shape index (κ2) is 9.52. The van der Waals surface area contributed by atoms with Gasteiger partial charge in [-0.1, -0.05) is 54.1 Å². The van der Waals surface area contributed by atoms with Crippen LogP contribution in [0.5, 0.6) is 5.75 Å². The van der Waals surface area contributed by atoms with Crippen LogP contribution in [0, 0.1) is 0 Å². The van der Waals surface area contributed by atoms with Crippen LogP contribution in [0.4, 0.5) is 0 Å². The van der Waals surface area contributed by atoms with Gasteiger partial charge in [-0.25, -0.2) is 0 Å². The van der Waals surface area contributed by atoms with Crippen LogP contribution in [0.25, 0.3) is 22.0 Å². The highest BCUT2D eigenvalue weighted by Crippen LogP contribution is 2.41. The van der Waals surface area contributed by atoms with Gasteiger partial charge in [0, 0.05) is 21.5 Å². The Bertz CT molecular complexity index is 1500. The minimum absolute atomic E-state index is 0.209. The first-order valence-corrected chi connectivity index (χ1v) is 12.5. The molecule has 0 saturated carbocycles. The number of benzene rings is 3. The first-order valence-electron chi connectivity index (χ1n) is 12.1. The maximum absolute atomic E-state index is 14.2. The van der Waals surface area contributed by atoms with Gasteiger partial charge in [-0.2, -0.15) is 0 Å². The summed E-state index contributed by atoms with van der Waals surface area (Å²) < 4.78 is 5.48. The quantitative estimate of drug-likeness (QED) is 0.346. The van der Waals surface area contributed by atoms with E-state index in [-0.39, 0.29) is 18.4 Å². The van der Waals surface area contributed by atoms with Gasteiger partial charge in [0.1, 0.15) is 11.8 Å². The SMILES string of the molecule is COc1ccc2nc3c(c(-c4ccccc4)c2c1)C(=O)N(C(C(=O)NC(C)(C)C)c1ccc(Cl)cc1)C3. The predicted molar refractivity (Wildman–Crippen MR) is 146 cm³/mol. The number of pyridine rings is 1. The Hall–Kier alpha value is -3.90. The predicted octanol–water partition coefficient (Wildman–Crippen LogP) is 6.18. The minimum Gasteiger partial charge on any atom is -0.497 e. The van der Waals surface area contributed by atoms with E-state index in [9.17, 15) is 9.59 Å². The Labute approximate surface area is 221 Å². The molecule has 0 aliphatic carbocycles. The molecule has 0 bridgehead atoms. The highest BCUT2D eigenvalue weighted by Gasteiger charge is 2.41. The van der Waals surface area contributed by atoms with E-state index in [0.717, 1.165) is 22.0 Å². The van der Waals surface area contributed by atoms with Crippen molar-refractivity contribution in [3.05, 3.63) is 94.6 Å². The summed E-state index contributed by atoms with van der Waals surface area (Å²) in [6, 6.07) is 21.6. The van der Waals surface area contributed by atoms with Crippen LogP contribution < -0.4 is 10.1 Å². The van der Waals surface area contributed by atoms with Gasteiger partial charge < -0.3 is 15.0 Å². The number of hydrogen-bond acceptors (Lipinski definition) is 4. The van der Waals surface area contributed by atoms with E-state index in [0.29, 0.717) is 27.6 Å². The molecule has 1 unspecified atom stereocenters. The summed E-state index contributed by atoms with van der Waals surface area (Å²) in [6.07, 6.45) is 0. The van der Waals surface area contributed by atoms with E-state index in [1.165, 1.54) is 0 Å². The van der Waals surface area contributed by atoms with Crippen molar-refractivity contribution in [2.45, 2.75) is 38.9 Å². The van der Waals surface area contributed by atoms with Crippen molar-refractivity contribution >= 4 is 34.3 Å². The minimum atomic E-state index is -0.848. The summed E-state index contributed by atoms with van der Waals surface area (Å²) in [7, 11) is 1.61. The fraction of sp³-hybridized carbons (Fsp3) is 0.233. The molecular formula is C30H28ClN3O3. The average Bonchev–Trinajstić information content (AvgIpc) is 3.18. The van der Waals surface area contributed by atoms with Crippen LogP contribution in [0.15, 0.2) is 72.8 Å². The summed E-state index contributed by atoms with van der Waals surface area (Å²) in [5.74, 6) is 0.177. The molecule has 0 saturated heterocycles. The molecule has 7 heteroatoms. The van der Waals surface area contributed by atoms with E-state index in [2.05, 4.69) is 5.32 Å². The number of fused-ring (bicyclic) bond motifs is 2. The number of carbonyl (C=O) groups excluding carboxylic acids is 2. The Morgan fingerprint density at radius 2 is 1.73 bits per heavy atom. The van der Waals surface area contributed by atoms with Crippen molar-refractivity contribution in [3.8, 4) is 16.9 Å². The van der Waals surface area contributed by atoms with Gasteiger partial charge in [-0.15, -0.1) is 0 Å². The van der Waals surface area contributed by atoms with E-state index in [1.807, 2.05) is 69.3 Å². The first kappa shape index (κ1) is 24.8. The zero-order chi connectivity index (χ0) is 26.3. The monoisotopic (exact) mass is 513 g/mol. The van der Waals surface area contributed by atoms with Gasteiger partial charge in [0.05, 0.1) is 30.4 Å². The van der Waals surface area contributed by atoms with E-state index in [1.54, 1.807) is 36.3 Å². The molecule has 1 aliphatic heterocycles. The Kier molecular flexibility index (Phi) is 6.38. The molecule has 6 nitrogen and oxygen atoms in total. The maximum atomic E-state index is 14.2. The van der Waals surface area contributed by atoms with E-state index < -0.39 is 11.6 Å². The number of nitrogens with zero attached hydrogens (tertiary/aromatic N) is 2. The first-order chi connectivity index (χ1) is 17.7. The molecule has 0 fully saturated rings. The fourth-order valence-electron chi connectivity index (χ4n) is 4.81. The standard InChI is InChI=1S/C30H28ClN3O3/c1-30(2,3)33-28(35)27(19-10-12-20(31)13-11-19)34-17-24-26(29(34)36)25(18-8-6-5-7-9-18)22-16-21(37-4)14-15-23(22)32-24/h5-16,27H,17H2,1-4H3,(H,33,35). The lowest BCUT2D eigenvalue weighted by molar-refractivity contribution is -0.127. The number of halogens is 1. The van der Waals surface area contributed by atoms with E-state index in [4.69, 9.17) is 21.3 Å². The molecule has 4 aromatic rings. The van der Waals surface area contributed by atoms with Gasteiger partial charge in [0.2, 0.25) is 5.91 Å². The largest absolute Gasteiger partial charge is 0.497 e. The van der Waals surface area contributed by atoms with Crippen molar-refractivity contribution in [3.63, 3.8) is 0 Å². The highest BCUT2D eigenvalue weighted by atomic mass is 35.5. The Balaban J connectivity index is 1.69. The van der Waals surface area contributed by atoms with Crippen molar-refractivity contribution in [2.24, 2.45) is 0 Å². The van der Waals surface area contributed by atoms with Crippen LogP contribution in [-0.4, -0.2) is 34.3 Å². The van der Waals surface area contributed by atoms with Crippen LogP contribution in [0.2, 0.25) is 5.02 Å². The summed E-state index contributed by atoms with van der Waals surface area (Å²) in [4.78, 5) is 34.3.